The van der Waals surface area contributed by atoms with Crippen molar-refractivity contribution in [2.24, 2.45) is 17.4 Å². The molecule has 2 rings (SSSR count). The van der Waals surface area contributed by atoms with Crippen LogP contribution in [0.5, 0.6) is 11.5 Å². The Hall–Kier alpha value is -5.01. The van der Waals surface area contributed by atoms with Crippen LogP contribution < -0.4 is 38.1 Å². The number of aliphatic carboxylic acids is 1. The second-order valence-electron chi connectivity index (χ2n) is 13.0. The molecule has 0 aromatic heterocycles. The SMILES string of the molecule is CC(C)C[C@H](NC(=O)[C@@H](N)CS)C(=O)N[C@@H](Cc1ccc(O)cc1)C(=O)N[C@@H](CCC(N)=O)C(=O)N[C@@H](Cc1ccc(O)cc1)C(=O)N[C@@H](CS)C(=O)O. The predicted molar refractivity (Wildman–Crippen MR) is 204 cm³/mol. The molecule has 0 bridgehead atoms. The summed E-state index contributed by atoms with van der Waals surface area (Å²) in [7, 11) is 0. The van der Waals surface area contributed by atoms with Crippen molar-refractivity contribution in [3.8, 4) is 11.5 Å². The highest BCUT2D eigenvalue weighted by Crippen LogP contribution is 2.15. The molecule has 17 nitrogen and oxygen atoms in total. The summed E-state index contributed by atoms with van der Waals surface area (Å²) in [6.07, 6.45) is -0.854. The van der Waals surface area contributed by atoms with E-state index in [1.807, 2.05) is 13.8 Å². The van der Waals surface area contributed by atoms with Gasteiger partial charge in [0.25, 0.3) is 0 Å². The van der Waals surface area contributed by atoms with Crippen molar-refractivity contribution in [3.63, 3.8) is 0 Å². The maximum Gasteiger partial charge on any atom is 0.327 e. The molecule has 54 heavy (non-hydrogen) atoms. The van der Waals surface area contributed by atoms with E-state index in [1.165, 1.54) is 48.5 Å². The number of benzene rings is 2. The molecule has 12 N–H and O–H groups in total. The fourth-order valence-corrected chi connectivity index (χ4v) is 5.46. The maximum atomic E-state index is 14.0. The number of hydrogen-bond donors (Lipinski definition) is 12. The highest BCUT2D eigenvalue weighted by Gasteiger charge is 2.33. The van der Waals surface area contributed by atoms with Gasteiger partial charge >= 0.3 is 5.97 Å². The van der Waals surface area contributed by atoms with Crippen molar-refractivity contribution in [1.82, 2.24) is 26.6 Å². The third kappa shape index (κ3) is 15.5. The number of nitrogens with two attached hydrogens (primary N) is 2. The standard InChI is InChI=1S/C35H49N7O10S2/c1-18(2)13-25(39-30(46)23(36)16-53)32(48)41-26(14-19-3-7-21(43)8-4-19)33(49)38-24(11-12-29(37)45)31(47)40-27(15-20-5-9-22(44)10-6-20)34(50)42-28(17-54)35(51)52/h3-10,18,23-28,43-44,53-54H,11-17,36H2,1-2H3,(H2,37,45)(H,38,49)(H,39,46)(H,40,47)(H,41,48)(H,42,50)(H,51,52)/t23-,24-,25-,26-,27-,28-/m0/s1. The number of rotatable bonds is 22. The van der Waals surface area contributed by atoms with Crippen LogP contribution in [0.3, 0.4) is 0 Å². The molecule has 2 aromatic carbocycles. The van der Waals surface area contributed by atoms with Gasteiger partial charge in [-0.1, -0.05) is 38.1 Å². The molecule has 2 aromatic rings. The minimum absolute atomic E-state index is 0.00920. The summed E-state index contributed by atoms with van der Waals surface area (Å²) >= 11 is 8.00. The zero-order chi connectivity index (χ0) is 40.5. The Labute approximate surface area is 323 Å². The number of phenols is 2. The van der Waals surface area contributed by atoms with E-state index in [0.717, 1.165) is 0 Å². The Morgan fingerprint density at radius 3 is 1.39 bits per heavy atom. The average molecular weight is 792 g/mol. The van der Waals surface area contributed by atoms with Crippen LogP contribution in [0, 0.1) is 5.92 Å². The van der Waals surface area contributed by atoms with Gasteiger partial charge in [-0.2, -0.15) is 25.3 Å². The zero-order valence-electron chi connectivity index (χ0n) is 29.9. The number of carboxylic acid groups (broad SMARTS) is 1. The molecule has 19 heteroatoms. The zero-order valence-corrected chi connectivity index (χ0v) is 31.6. The van der Waals surface area contributed by atoms with E-state index >= 15 is 0 Å². The molecule has 0 fully saturated rings. The largest absolute Gasteiger partial charge is 0.508 e. The number of aromatic hydroxyl groups is 2. The summed E-state index contributed by atoms with van der Waals surface area (Å²) in [5.41, 5.74) is 12.1. The molecule has 0 saturated heterocycles. The number of carbonyl (C=O) groups is 7. The van der Waals surface area contributed by atoms with Gasteiger partial charge in [0.1, 0.15) is 41.7 Å². The van der Waals surface area contributed by atoms with E-state index in [-0.39, 0.29) is 61.0 Å². The minimum Gasteiger partial charge on any atom is -0.508 e. The molecular weight excluding hydrogens is 743 g/mol. The van der Waals surface area contributed by atoms with E-state index in [1.54, 1.807) is 0 Å². The lowest BCUT2D eigenvalue weighted by Gasteiger charge is -2.27. The van der Waals surface area contributed by atoms with Gasteiger partial charge in [0, 0.05) is 30.8 Å². The first-order chi connectivity index (χ1) is 25.4. The van der Waals surface area contributed by atoms with Gasteiger partial charge < -0.3 is 53.4 Å². The number of hydrogen-bond acceptors (Lipinski definition) is 12. The Kier molecular flexibility index (Phi) is 18.6. The van der Waals surface area contributed by atoms with Crippen molar-refractivity contribution in [1.29, 1.82) is 0 Å². The number of nitrogens with one attached hydrogen (secondary N) is 5. The van der Waals surface area contributed by atoms with Crippen LogP contribution in [0.1, 0.15) is 44.2 Å². The quantitative estimate of drug-likeness (QED) is 0.0635. The van der Waals surface area contributed by atoms with Crippen molar-refractivity contribution in [2.45, 2.75) is 82.2 Å². The number of thiol groups is 2. The third-order valence-electron chi connectivity index (χ3n) is 8.00. The summed E-state index contributed by atoms with van der Waals surface area (Å²) in [5, 5.41) is 41.5. The van der Waals surface area contributed by atoms with Crippen LogP contribution >= 0.6 is 25.3 Å². The van der Waals surface area contributed by atoms with Crippen LogP contribution in [0.2, 0.25) is 0 Å². The molecule has 0 aliphatic rings. The van der Waals surface area contributed by atoms with Crippen molar-refractivity contribution < 1.29 is 48.9 Å². The highest BCUT2D eigenvalue weighted by molar-refractivity contribution is 7.80. The lowest BCUT2D eigenvalue weighted by Crippen LogP contribution is -2.60. The summed E-state index contributed by atoms with van der Waals surface area (Å²) in [6, 6.07) is 3.63. The molecule has 0 aliphatic heterocycles. The minimum atomic E-state index is -1.50. The summed E-state index contributed by atoms with van der Waals surface area (Å²) in [6.45, 7) is 3.64. The van der Waals surface area contributed by atoms with Gasteiger partial charge in [-0.25, -0.2) is 4.79 Å². The third-order valence-corrected chi connectivity index (χ3v) is 8.76. The monoisotopic (exact) mass is 791 g/mol. The molecule has 0 saturated carbocycles. The van der Waals surface area contributed by atoms with Gasteiger partial charge in [0.15, 0.2) is 0 Å². The Balaban J connectivity index is 2.45. The van der Waals surface area contributed by atoms with Crippen LogP contribution in [0.15, 0.2) is 48.5 Å². The fraction of sp³-hybridized carbons (Fsp3) is 0.457. The normalized spacial score (nSPS) is 14.3. The second-order valence-corrected chi connectivity index (χ2v) is 13.7. The van der Waals surface area contributed by atoms with Crippen LogP contribution in [-0.4, -0.2) is 104 Å². The molecular formula is C35H49N7O10S2. The van der Waals surface area contributed by atoms with Gasteiger partial charge in [0.05, 0.1) is 6.04 Å². The number of phenolic OH excluding ortho intramolecular Hbond substituents is 2. The first-order valence-corrected chi connectivity index (χ1v) is 18.3. The van der Waals surface area contributed by atoms with Crippen molar-refractivity contribution in [2.75, 3.05) is 11.5 Å². The lowest BCUT2D eigenvalue weighted by atomic mass is 10.00. The van der Waals surface area contributed by atoms with Gasteiger partial charge in [-0.05, 0) is 54.2 Å². The number of amides is 6. The van der Waals surface area contributed by atoms with Crippen molar-refractivity contribution in [3.05, 3.63) is 59.7 Å². The summed E-state index contributed by atoms with van der Waals surface area (Å²) in [4.78, 5) is 90.8. The lowest BCUT2D eigenvalue weighted by molar-refractivity contribution is -0.141. The van der Waals surface area contributed by atoms with E-state index in [4.69, 9.17) is 11.5 Å². The molecule has 6 amide bonds. The van der Waals surface area contributed by atoms with E-state index in [9.17, 15) is 48.9 Å². The summed E-state index contributed by atoms with van der Waals surface area (Å²) in [5.74, 6) is -6.73. The first-order valence-electron chi connectivity index (χ1n) is 17.0. The fourth-order valence-electron chi connectivity index (χ4n) is 5.05. The molecule has 0 aliphatic carbocycles. The number of carbonyl (C=O) groups excluding carboxylic acids is 6. The van der Waals surface area contributed by atoms with Crippen molar-refractivity contribution >= 4 is 66.7 Å². The maximum absolute atomic E-state index is 14.0. The average Bonchev–Trinajstić information content (AvgIpc) is 3.11. The van der Waals surface area contributed by atoms with E-state index < -0.39 is 77.7 Å². The van der Waals surface area contributed by atoms with Crippen LogP contribution in [0.4, 0.5) is 0 Å². The molecule has 296 valence electrons. The van der Waals surface area contributed by atoms with Crippen LogP contribution in [0.25, 0.3) is 0 Å². The van der Waals surface area contributed by atoms with E-state index in [2.05, 4.69) is 51.8 Å². The van der Waals surface area contributed by atoms with Gasteiger partial charge in [-0.15, -0.1) is 0 Å². The smallest absolute Gasteiger partial charge is 0.327 e. The number of primary amides is 1. The first kappa shape index (κ1) is 45.1. The summed E-state index contributed by atoms with van der Waals surface area (Å²) < 4.78 is 0. The second kappa shape index (κ2) is 22.3. The predicted octanol–water partition coefficient (Wildman–Crippen LogP) is -1.11. The Morgan fingerprint density at radius 1 is 0.611 bits per heavy atom. The van der Waals surface area contributed by atoms with Crippen LogP contribution in [-0.2, 0) is 46.4 Å². The molecule has 0 radical (unpaired) electrons. The Morgan fingerprint density at radius 2 is 1.00 bits per heavy atom. The van der Waals surface area contributed by atoms with E-state index in [0.29, 0.717) is 11.1 Å². The Bertz CT molecular complexity index is 1610. The topological polar surface area (TPSA) is 292 Å². The molecule has 6 atom stereocenters. The van der Waals surface area contributed by atoms with Gasteiger partial charge in [0.2, 0.25) is 35.4 Å². The number of carboxylic acids is 1. The highest BCUT2D eigenvalue weighted by atomic mass is 32.1. The molecule has 0 spiro atoms. The van der Waals surface area contributed by atoms with Gasteiger partial charge in [-0.3, -0.25) is 28.8 Å². The molecule has 0 heterocycles. The molecule has 0 unspecified atom stereocenters.